The summed E-state index contributed by atoms with van der Waals surface area (Å²) in [5.74, 6) is 0.617. The second-order valence-electron chi connectivity index (χ2n) is 6.16. The molecule has 2 aromatic rings. The Hall–Kier alpha value is -1.89. The third-order valence-electron chi connectivity index (χ3n) is 4.62. The second-order valence-corrected chi connectivity index (χ2v) is 7.32. The molecule has 0 N–H and O–H groups in total. The third kappa shape index (κ3) is 2.60. The summed E-state index contributed by atoms with van der Waals surface area (Å²) in [6.07, 6.45) is 0.148. The standard InChI is InChI=1S/C19H18INO3/c1-19(11-16(22)12-7-9-13(24-3)10-8-12)14-5-4-6-15(20)17(14)21(2)18(19)23/h4-10H,11H2,1-3H3. The Morgan fingerprint density at radius 2 is 1.88 bits per heavy atom. The number of benzene rings is 2. The number of rotatable bonds is 4. The highest BCUT2D eigenvalue weighted by atomic mass is 127. The molecule has 0 aliphatic carbocycles. The molecule has 0 saturated heterocycles. The number of methoxy groups -OCH3 is 1. The molecular formula is C19H18INO3. The molecule has 4 nitrogen and oxygen atoms in total. The Labute approximate surface area is 154 Å². The van der Waals surface area contributed by atoms with Gasteiger partial charge in [0, 0.05) is 22.6 Å². The average molecular weight is 435 g/mol. The first-order valence-electron chi connectivity index (χ1n) is 7.63. The molecule has 124 valence electrons. The minimum absolute atomic E-state index is 0.0384. The molecule has 0 fully saturated rings. The van der Waals surface area contributed by atoms with E-state index in [0.29, 0.717) is 11.3 Å². The van der Waals surface area contributed by atoms with Crippen LogP contribution in [0.4, 0.5) is 5.69 Å². The van der Waals surface area contributed by atoms with Gasteiger partial charge in [-0.15, -0.1) is 0 Å². The molecule has 1 atom stereocenters. The highest BCUT2D eigenvalue weighted by Gasteiger charge is 2.47. The first-order valence-corrected chi connectivity index (χ1v) is 8.71. The maximum Gasteiger partial charge on any atom is 0.237 e. The Bertz CT molecular complexity index is 816. The minimum atomic E-state index is -0.831. The number of amides is 1. The summed E-state index contributed by atoms with van der Waals surface area (Å²) >= 11 is 2.23. The van der Waals surface area contributed by atoms with Gasteiger partial charge in [-0.05, 0) is 65.4 Å². The zero-order chi connectivity index (χ0) is 17.5. The molecular weight excluding hydrogens is 417 g/mol. The number of likely N-dealkylation sites (N-methyl/N-ethyl adjacent to an activating group) is 1. The smallest absolute Gasteiger partial charge is 0.237 e. The molecule has 1 unspecified atom stereocenters. The van der Waals surface area contributed by atoms with Gasteiger partial charge in [0.25, 0.3) is 0 Å². The van der Waals surface area contributed by atoms with Gasteiger partial charge in [-0.25, -0.2) is 0 Å². The normalized spacial score (nSPS) is 19.3. The van der Waals surface area contributed by atoms with Crippen LogP contribution >= 0.6 is 22.6 Å². The molecule has 5 heteroatoms. The summed E-state index contributed by atoms with van der Waals surface area (Å²) < 4.78 is 6.14. The molecule has 1 amide bonds. The number of fused-ring (bicyclic) bond motifs is 1. The molecule has 3 rings (SSSR count). The van der Waals surface area contributed by atoms with Crippen molar-refractivity contribution in [2.45, 2.75) is 18.8 Å². The van der Waals surface area contributed by atoms with Crippen LogP contribution in [0.25, 0.3) is 0 Å². The van der Waals surface area contributed by atoms with Crippen molar-refractivity contribution in [3.05, 3.63) is 57.2 Å². The van der Waals surface area contributed by atoms with Crippen molar-refractivity contribution in [1.82, 2.24) is 0 Å². The predicted octanol–water partition coefficient (Wildman–Crippen LogP) is 3.81. The van der Waals surface area contributed by atoms with E-state index in [-0.39, 0.29) is 18.1 Å². The van der Waals surface area contributed by atoms with Crippen molar-refractivity contribution >= 4 is 40.0 Å². The van der Waals surface area contributed by atoms with Crippen molar-refractivity contribution < 1.29 is 14.3 Å². The summed E-state index contributed by atoms with van der Waals surface area (Å²) in [5.41, 5.74) is 1.59. The van der Waals surface area contributed by atoms with Gasteiger partial charge in [0.15, 0.2) is 5.78 Å². The maximum absolute atomic E-state index is 12.9. The number of hydrogen-bond donors (Lipinski definition) is 0. The van der Waals surface area contributed by atoms with E-state index in [1.807, 2.05) is 25.1 Å². The van der Waals surface area contributed by atoms with E-state index in [0.717, 1.165) is 14.8 Å². The van der Waals surface area contributed by atoms with Crippen LogP contribution in [0.3, 0.4) is 0 Å². The lowest BCUT2D eigenvalue weighted by molar-refractivity contribution is -0.122. The van der Waals surface area contributed by atoms with E-state index in [1.54, 1.807) is 43.3 Å². The number of ketones is 1. The van der Waals surface area contributed by atoms with Crippen molar-refractivity contribution in [3.63, 3.8) is 0 Å². The SMILES string of the molecule is COc1ccc(C(=O)CC2(C)C(=O)N(C)c3c(I)cccc32)cc1. The second kappa shape index (κ2) is 6.20. The molecule has 0 aromatic heterocycles. The first-order chi connectivity index (χ1) is 11.4. The Kier molecular flexibility index (Phi) is 4.38. The number of hydrogen-bond acceptors (Lipinski definition) is 3. The van der Waals surface area contributed by atoms with Crippen LogP contribution < -0.4 is 9.64 Å². The lowest BCUT2D eigenvalue weighted by atomic mass is 9.78. The van der Waals surface area contributed by atoms with Crippen LogP contribution in [0.15, 0.2) is 42.5 Å². The zero-order valence-electron chi connectivity index (χ0n) is 13.8. The number of ether oxygens (including phenoxy) is 1. The minimum Gasteiger partial charge on any atom is -0.497 e. The van der Waals surface area contributed by atoms with E-state index in [2.05, 4.69) is 22.6 Å². The number of anilines is 1. The highest BCUT2D eigenvalue weighted by Crippen LogP contribution is 2.45. The lowest BCUT2D eigenvalue weighted by Crippen LogP contribution is -2.38. The number of para-hydroxylation sites is 1. The van der Waals surface area contributed by atoms with E-state index in [1.165, 1.54) is 0 Å². The van der Waals surface area contributed by atoms with Gasteiger partial charge in [-0.3, -0.25) is 9.59 Å². The van der Waals surface area contributed by atoms with E-state index in [9.17, 15) is 9.59 Å². The summed E-state index contributed by atoms with van der Waals surface area (Å²) in [7, 11) is 3.36. The highest BCUT2D eigenvalue weighted by molar-refractivity contribution is 14.1. The van der Waals surface area contributed by atoms with Gasteiger partial charge in [-0.1, -0.05) is 12.1 Å². The topological polar surface area (TPSA) is 46.6 Å². The van der Waals surface area contributed by atoms with Gasteiger partial charge in [0.2, 0.25) is 5.91 Å². The number of nitrogens with zero attached hydrogens (tertiary/aromatic N) is 1. The zero-order valence-corrected chi connectivity index (χ0v) is 16.0. The monoisotopic (exact) mass is 435 g/mol. The van der Waals surface area contributed by atoms with Gasteiger partial charge >= 0.3 is 0 Å². The quantitative estimate of drug-likeness (QED) is 0.542. The fourth-order valence-electron chi connectivity index (χ4n) is 3.26. The van der Waals surface area contributed by atoms with Crippen molar-refractivity contribution in [2.75, 3.05) is 19.1 Å². The van der Waals surface area contributed by atoms with E-state index in [4.69, 9.17) is 4.74 Å². The Morgan fingerprint density at radius 3 is 2.50 bits per heavy atom. The largest absolute Gasteiger partial charge is 0.497 e. The van der Waals surface area contributed by atoms with E-state index < -0.39 is 5.41 Å². The molecule has 0 radical (unpaired) electrons. The first kappa shape index (κ1) is 17.0. The molecule has 0 spiro atoms. The van der Waals surface area contributed by atoms with Crippen LogP contribution in [0.1, 0.15) is 29.3 Å². The Morgan fingerprint density at radius 1 is 1.21 bits per heavy atom. The summed E-state index contributed by atoms with van der Waals surface area (Å²) in [6, 6.07) is 12.8. The molecule has 1 heterocycles. The summed E-state index contributed by atoms with van der Waals surface area (Å²) in [5, 5.41) is 0. The van der Waals surface area contributed by atoms with Crippen LogP contribution in [0, 0.1) is 3.57 Å². The number of carbonyl (C=O) groups is 2. The van der Waals surface area contributed by atoms with Crippen LogP contribution in [0.5, 0.6) is 5.75 Å². The molecule has 24 heavy (non-hydrogen) atoms. The number of carbonyl (C=O) groups excluding carboxylic acids is 2. The summed E-state index contributed by atoms with van der Waals surface area (Å²) in [4.78, 5) is 27.3. The van der Waals surface area contributed by atoms with Gasteiger partial charge in [-0.2, -0.15) is 0 Å². The lowest BCUT2D eigenvalue weighted by Gasteiger charge is -2.22. The van der Waals surface area contributed by atoms with Crippen LogP contribution in [0.2, 0.25) is 0 Å². The van der Waals surface area contributed by atoms with E-state index >= 15 is 0 Å². The van der Waals surface area contributed by atoms with Crippen LogP contribution in [-0.2, 0) is 10.2 Å². The Balaban J connectivity index is 1.95. The third-order valence-corrected chi connectivity index (χ3v) is 5.49. The molecule has 2 aromatic carbocycles. The molecule has 0 saturated carbocycles. The maximum atomic E-state index is 12.9. The van der Waals surface area contributed by atoms with Crippen LogP contribution in [-0.4, -0.2) is 25.8 Å². The van der Waals surface area contributed by atoms with Crippen molar-refractivity contribution in [3.8, 4) is 5.75 Å². The summed E-state index contributed by atoms with van der Waals surface area (Å²) in [6.45, 7) is 1.86. The molecule has 0 bridgehead atoms. The van der Waals surface area contributed by atoms with Gasteiger partial charge < -0.3 is 9.64 Å². The number of Topliss-reactive ketones (excluding diaryl/α,β-unsaturated/α-hetero) is 1. The van der Waals surface area contributed by atoms with Gasteiger partial charge in [0.05, 0.1) is 18.2 Å². The number of halogens is 1. The van der Waals surface area contributed by atoms with Crippen molar-refractivity contribution in [2.24, 2.45) is 0 Å². The van der Waals surface area contributed by atoms with Crippen molar-refractivity contribution in [1.29, 1.82) is 0 Å². The van der Waals surface area contributed by atoms with Gasteiger partial charge in [0.1, 0.15) is 5.75 Å². The molecule has 1 aliphatic rings. The average Bonchev–Trinajstić information content (AvgIpc) is 2.77. The predicted molar refractivity (Wildman–Crippen MR) is 102 cm³/mol. The molecule has 1 aliphatic heterocycles. The fraction of sp³-hybridized carbons (Fsp3) is 0.263. The fourth-order valence-corrected chi connectivity index (χ4v) is 4.12.